The SMILES string of the molecule is Cc1ccc(F)c(S(=O)(=O)N2CC[C@@H](c3cc(C(=O)N(C)C)c4ccccc4n3)C2)c1. The Kier molecular flexibility index (Phi) is 5.53. The van der Waals surface area contributed by atoms with Crippen molar-refractivity contribution < 1.29 is 17.6 Å². The fourth-order valence-electron chi connectivity index (χ4n) is 3.96. The molecule has 8 heteroatoms. The van der Waals surface area contributed by atoms with Crippen LogP contribution in [0.1, 0.15) is 34.0 Å². The second-order valence-corrected chi connectivity index (χ2v) is 10.0. The van der Waals surface area contributed by atoms with Crippen molar-refractivity contribution in [2.24, 2.45) is 0 Å². The van der Waals surface area contributed by atoms with E-state index in [4.69, 9.17) is 4.98 Å². The van der Waals surface area contributed by atoms with Crippen LogP contribution in [0.3, 0.4) is 0 Å². The number of para-hydroxylation sites is 1. The fraction of sp³-hybridized carbons (Fsp3) is 0.304. The van der Waals surface area contributed by atoms with Crippen LogP contribution in [0.5, 0.6) is 0 Å². The van der Waals surface area contributed by atoms with E-state index in [0.29, 0.717) is 28.8 Å². The Morgan fingerprint density at radius 2 is 1.90 bits per heavy atom. The second-order valence-electron chi connectivity index (χ2n) is 8.09. The molecule has 0 radical (unpaired) electrons. The monoisotopic (exact) mass is 441 g/mol. The zero-order valence-electron chi connectivity index (χ0n) is 17.7. The average molecular weight is 442 g/mol. The summed E-state index contributed by atoms with van der Waals surface area (Å²) < 4.78 is 41.7. The highest BCUT2D eigenvalue weighted by atomic mass is 32.2. The maximum Gasteiger partial charge on any atom is 0.254 e. The minimum atomic E-state index is -3.96. The highest BCUT2D eigenvalue weighted by Crippen LogP contribution is 2.33. The maximum atomic E-state index is 14.3. The van der Waals surface area contributed by atoms with Crippen molar-refractivity contribution in [3.63, 3.8) is 0 Å². The van der Waals surface area contributed by atoms with Crippen LogP contribution in [0.2, 0.25) is 0 Å². The second kappa shape index (κ2) is 8.01. The van der Waals surface area contributed by atoms with E-state index >= 15 is 0 Å². The number of fused-ring (bicyclic) bond motifs is 1. The van der Waals surface area contributed by atoms with Gasteiger partial charge in [0, 0.05) is 44.2 Å². The maximum absolute atomic E-state index is 14.3. The summed E-state index contributed by atoms with van der Waals surface area (Å²) in [6.45, 7) is 2.19. The van der Waals surface area contributed by atoms with Gasteiger partial charge in [0.15, 0.2) is 0 Å². The molecule has 31 heavy (non-hydrogen) atoms. The highest BCUT2D eigenvalue weighted by Gasteiger charge is 2.35. The summed E-state index contributed by atoms with van der Waals surface area (Å²) in [5, 5.41) is 0.759. The summed E-state index contributed by atoms with van der Waals surface area (Å²) in [5.74, 6) is -1.07. The molecule has 1 atom stereocenters. The number of amides is 1. The normalized spacial score (nSPS) is 17.2. The number of benzene rings is 2. The Balaban J connectivity index is 1.69. The van der Waals surface area contributed by atoms with Gasteiger partial charge < -0.3 is 4.90 Å². The Hall–Kier alpha value is -2.84. The molecule has 1 aromatic heterocycles. The molecule has 1 aliphatic heterocycles. The first kappa shape index (κ1) is 21.4. The fourth-order valence-corrected chi connectivity index (χ4v) is 5.61. The third-order valence-electron chi connectivity index (χ3n) is 5.65. The zero-order chi connectivity index (χ0) is 22.3. The van der Waals surface area contributed by atoms with Crippen molar-refractivity contribution in [1.29, 1.82) is 0 Å². The molecule has 1 amide bonds. The Labute approximate surface area is 181 Å². The smallest absolute Gasteiger partial charge is 0.254 e. The number of carbonyl (C=O) groups is 1. The lowest BCUT2D eigenvalue weighted by Gasteiger charge is -2.18. The van der Waals surface area contributed by atoms with Gasteiger partial charge in [-0.1, -0.05) is 24.3 Å². The summed E-state index contributed by atoms with van der Waals surface area (Å²) in [6.07, 6.45) is 0.549. The van der Waals surface area contributed by atoms with E-state index in [2.05, 4.69) is 0 Å². The number of pyridine rings is 1. The average Bonchev–Trinajstić information content (AvgIpc) is 3.25. The minimum Gasteiger partial charge on any atom is -0.345 e. The molecule has 4 rings (SSSR count). The van der Waals surface area contributed by atoms with Crippen LogP contribution in [-0.4, -0.2) is 55.7 Å². The van der Waals surface area contributed by atoms with Gasteiger partial charge >= 0.3 is 0 Å². The molecule has 0 bridgehead atoms. The van der Waals surface area contributed by atoms with Crippen LogP contribution in [0.4, 0.5) is 4.39 Å². The third kappa shape index (κ3) is 3.93. The van der Waals surface area contributed by atoms with Crippen LogP contribution >= 0.6 is 0 Å². The molecule has 0 N–H and O–H groups in total. The predicted molar refractivity (Wildman–Crippen MR) is 117 cm³/mol. The standard InChI is InChI=1S/C23H24FN3O3S/c1-15-8-9-19(24)22(12-15)31(29,30)27-11-10-16(14-27)21-13-18(23(28)26(2)3)17-6-4-5-7-20(17)25-21/h4-9,12-13,16H,10-11,14H2,1-3H3/t16-/m1/s1. The van der Waals surface area contributed by atoms with Crippen molar-refractivity contribution in [3.05, 3.63) is 71.2 Å². The van der Waals surface area contributed by atoms with Gasteiger partial charge in [-0.3, -0.25) is 9.78 Å². The van der Waals surface area contributed by atoms with Gasteiger partial charge in [0.05, 0.1) is 11.1 Å². The van der Waals surface area contributed by atoms with E-state index < -0.39 is 15.8 Å². The Morgan fingerprint density at radius 1 is 1.16 bits per heavy atom. The van der Waals surface area contributed by atoms with Gasteiger partial charge in [-0.15, -0.1) is 0 Å². The van der Waals surface area contributed by atoms with E-state index in [-0.39, 0.29) is 29.8 Å². The molecule has 0 saturated carbocycles. The minimum absolute atomic E-state index is 0.135. The van der Waals surface area contributed by atoms with Gasteiger partial charge in [-0.25, -0.2) is 12.8 Å². The number of sulfonamides is 1. The van der Waals surface area contributed by atoms with Gasteiger partial charge in [0.25, 0.3) is 5.91 Å². The number of hydrogen-bond donors (Lipinski definition) is 0. The van der Waals surface area contributed by atoms with Crippen LogP contribution < -0.4 is 0 Å². The Bertz CT molecular complexity index is 1270. The molecule has 3 aromatic rings. The van der Waals surface area contributed by atoms with E-state index in [1.54, 1.807) is 33.2 Å². The molecule has 0 unspecified atom stereocenters. The first-order valence-corrected chi connectivity index (χ1v) is 11.5. The van der Waals surface area contributed by atoms with Crippen molar-refractivity contribution in [2.75, 3.05) is 27.2 Å². The molecular formula is C23H24FN3O3S. The van der Waals surface area contributed by atoms with Gasteiger partial charge in [0.2, 0.25) is 10.0 Å². The molecule has 1 fully saturated rings. The summed E-state index contributed by atoms with van der Waals surface area (Å²) in [5.41, 5.74) is 2.58. The number of hydrogen-bond acceptors (Lipinski definition) is 4. The van der Waals surface area contributed by atoms with E-state index in [9.17, 15) is 17.6 Å². The van der Waals surface area contributed by atoms with Crippen LogP contribution in [0.25, 0.3) is 10.9 Å². The van der Waals surface area contributed by atoms with Crippen LogP contribution in [-0.2, 0) is 10.0 Å². The third-order valence-corrected chi connectivity index (χ3v) is 7.53. The Morgan fingerprint density at radius 3 is 2.65 bits per heavy atom. The lowest BCUT2D eigenvalue weighted by molar-refractivity contribution is 0.0829. The molecule has 1 saturated heterocycles. The summed E-state index contributed by atoms with van der Waals surface area (Å²) in [6, 6.07) is 13.3. The van der Waals surface area contributed by atoms with Crippen molar-refractivity contribution in [3.8, 4) is 0 Å². The van der Waals surface area contributed by atoms with Gasteiger partial charge in [-0.2, -0.15) is 4.31 Å². The molecule has 1 aliphatic rings. The molecule has 6 nitrogen and oxygen atoms in total. The van der Waals surface area contributed by atoms with Gasteiger partial charge in [0.1, 0.15) is 10.7 Å². The number of rotatable bonds is 4. The van der Waals surface area contributed by atoms with Crippen molar-refractivity contribution in [2.45, 2.75) is 24.2 Å². The number of halogens is 1. The lowest BCUT2D eigenvalue weighted by atomic mass is 9.99. The lowest BCUT2D eigenvalue weighted by Crippen LogP contribution is -2.29. The first-order valence-electron chi connectivity index (χ1n) is 10.1. The summed E-state index contributed by atoms with van der Waals surface area (Å²) in [7, 11) is -0.576. The predicted octanol–water partition coefficient (Wildman–Crippen LogP) is 3.56. The van der Waals surface area contributed by atoms with Crippen molar-refractivity contribution in [1.82, 2.24) is 14.2 Å². The van der Waals surface area contributed by atoms with Crippen molar-refractivity contribution >= 4 is 26.8 Å². The molecule has 2 aromatic carbocycles. The molecule has 0 aliphatic carbocycles. The van der Waals surface area contributed by atoms with Crippen LogP contribution in [0, 0.1) is 12.7 Å². The van der Waals surface area contributed by atoms with Gasteiger partial charge in [-0.05, 0) is 43.2 Å². The number of nitrogens with zero attached hydrogens (tertiary/aromatic N) is 3. The van der Waals surface area contributed by atoms with E-state index in [1.807, 2.05) is 24.3 Å². The first-order chi connectivity index (χ1) is 14.7. The zero-order valence-corrected chi connectivity index (χ0v) is 18.5. The molecule has 162 valence electrons. The largest absolute Gasteiger partial charge is 0.345 e. The number of carbonyl (C=O) groups excluding carboxylic acids is 1. The van der Waals surface area contributed by atoms with E-state index in [1.165, 1.54) is 21.3 Å². The molecule has 0 spiro atoms. The number of aromatic nitrogens is 1. The quantitative estimate of drug-likeness (QED) is 0.621. The molecule has 2 heterocycles. The number of aryl methyl sites for hydroxylation is 1. The topological polar surface area (TPSA) is 70.6 Å². The highest BCUT2D eigenvalue weighted by molar-refractivity contribution is 7.89. The summed E-state index contributed by atoms with van der Waals surface area (Å²) >= 11 is 0. The van der Waals surface area contributed by atoms with Crippen LogP contribution in [0.15, 0.2) is 53.4 Å². The molecular weight excluding hydrogens is 417 g/mol. The van der Waals surface area contributed by atoms with E-state index in [0.717, 1.165) is 5.39 Å². The summed E-state index contributed by atoms with van der Waals surface area (Å²) in [4.78, 5) is 18.7.